The summed E-state index contributed by atoms with van der Waals surface area (Å²) in [6.07, 6.45) is -6.19. The van der Waals surface area contributed by atoms with Crippen molar-refractivity contribution in [1.82, 2.24) is 4.98 Å². The van der Waals surface area contributed by atoms with E-state index in [2.05, 4.69) is 10.3 Å². The Bertz CT molecular complexity index is 1030. The Morgan fingerprint density at radius 2 is 1.94 bits per heavy atom. The molecule has 6 nitrogen and oxygen atoms in total. The summed E-state index contributed by atoms with van der Waals surface area (Å²) in [5.41, 5.74) is -2.39. The van der Waals surface area contributed by atoms with Gasteiger partial charge in [0.1, 0.15) is 6.10 Å². The lowest BCUT2D eigenvalue weighted by molar-refractivity contribution is -0.272. The van der Waals surface area contributed by atoms with Crippen molar-refractivity contribution in [3.63, 3.8) is 0 Å². The Morgan fingerprint density at radius 1 is 1.27 bits per heavy atom. The number of carbonyl (C=O) groups is 1. The number of ether oxygens (including phenoxy) is 2. The van der Waals surface area contributed by atoms with Crippen LogP contribution in [0.4, 0.5) is 27.6 Å². The minimum Gasteiger partial charge on any atom is -0.493 e. The van der Waals surface area contributed by atoms with E-state index in [0.29, 0.717) is 5.69 Å². The summed E-state index contributed by atoms with van der Waals surface area (Å²) >= 11 is 0. The van der Waals surface area contributed by atoms with Crippen LogP contribution in [-0.4, -0.2) is 41.0 Å². The van der Waals surface area contributed by atoms with Crippen LogP contribution in [0.3, 0.4) is 0 Å². The molecule has 5 atom stereocenters. The molecule has 1 amide bonds. The molecule has 1 aliphatic heterocycles. The number of hydrogen-bond donors (Lipinski definition) is 2. The van der Waals surface area contributed by atoms with Crippen LogP contribution in [0, 0.1) is 17.6 Å². The highest BCUT2D eigenvalue weighted by Crippen LogP contribution is 2.55. The normalized spacial score (nSPS) is 26.2. The Hall–Kier alpha value is -2.79. The minimum atomic E-state index is -4.86. The van der Waals surface area contributed by atoms with Gasteiger partial charge in [0.15, 0.2) is 17.2 Å². The number of nitrogens with zero attached hydrogens (tertiary/aromatic N) is 1. The molecule has 1 unspecified atom stereocenters. The third-order valence-corrected chi connectivity index (χ3v) is 6.05. The molecule has 0 spiro atoms. The van der Waals surface area contributed by atoms with E-state index in [4.69, 9.17) is 9.47 Å². The van der Waals surface area contributed by atoms with Crippen LogP contribution in [0.5, 0.6) is 5.75 Å². The number of benzene rings is 1. The molecule has 33 heavy (non-hydrogen) atoms. The Balaban J connectivity index is 2.03. The lowest BCUT2D eigenvalue weighted by Gasteiger charge is -2.32. The average molecular weight is 474 g/mol. The van der Waals surface area contributed by atoms with Gasteiger partial charge in [0.25, 0.3) is 5.91 Å². The molecule has 2 aromatic rings. The number of halogens is 5. The maximum absolute atomic E-state index is 14.4. The molecular formula is C22H23F5N2O4. The largest absolute Gasteiger partial charge is 0.493 e. The number of amides is 1. The fraction of sp³-hybridized carbons (Fsp3) is 0.455. The molecule has 0 bridgehead atoms. The molecular weight excluding hydrogens is 451 g/mol. The second-order valence-electron chi connectivity index (χ2n) is 8.08. The van der Waals surface area contributed by atoms with Gasteiger partial charge in [-0.1, -0.05) is 13.0 Å². The molecule has 1 aromatic carbocycles. The molecule has 0 radical (unpaired) electrons. The third kappa shape index (κ3) is 4.39. The first kappa shape index (κ1) is 24.8. The molecule has 1 fully saturated rings. The monoisotopic (exact) mass is 474 g/mol. The summed E-state index contributed by atoms with van der Waals surface area (Å²) in [4.78, 5) is 17.0. The number of aromatic nitrogens is 1. The number of methoxy groups -OCH3 is 1. The summed E-state index contributed by atoms with van der Waals surface area (Å²) in [5, 5.41) is 12.0. The van der Waals surface area contributed by atoms with Gasteiger partial charge in [-0.25, -0.2) is 4.39 Å². The molecule has 11 heteroatoms. The highest BCUT2D eigenvalue weighted by atomic mass is 19.4. The fourth-order valence-corrected chi connectivity index (χ4v) is 3.98. The van der Waals surface area contributed by atoms with Crippen molar-refractivity contribution in [2.75, 3.05) is 12.4 Å². The molecule has 0 aliphatic carbocycles. The maximum Gasteiger partial charge on any atom is 0.417 e. The lowest BCUT2D eigenvalue weighted by atomic mass is 9.77. The van der Waals surface area contributed by atoms with E-state index in [-0.39, 0.29) is 11.3 Å². The van der Waals surface area contributed by atoms with E-state index >= 15 is 0 Å². The minimum absolute atomic E-state index is 0.125. The van der Waals surface area contributed by atoms with Gasteiger partial charge in [-0.05, 0) is 32.0 Å². The van der Waals surface area contributed by atoms with Crippen molar-refractivity contribution in [2.24, 2.45) is 5.92 Å². The first-order valence-corrected chi connectivity index (χ1v) is 10.0. The summed E-state index contributed by atoms with van der Waals surface area (Å²) in [6.45, 7) is 3.53. The Labute approximate surface area is 186 Å². The van der Waals surface area contributed by atoms with Crippen molar-refractivity contribution in [1.29, 1.82) is 0 Å². The van der Waals surface area contributed by atoms with Crippen molar-refractivity contribution in [3.8, 4) is 5.75 Å². The highest BCUT2D eigenvalue weighted by molar-refractivity contribution is 5.95. The van der Waals surface area contributed by atoms with Crippen LogP contribution in [0.25, 0.3) is 0 Å². The number of anilines is 1. The number of carbonyl (C=O) groups excluding carboxylic acids is 1. The van der Waals surface area contributed by atoms with Gasteiger partial charge in [-0.2, -0.15) is 17.6 Å². The molecule has 2 N–H and O–H groups in total. The maximum atomic E-state index is 14.4. The van der Waals surface area contributed by atoms with Crippen molar-refractivity contribution < 1.29 is 41.3 Å². The summed E-state index contributed by atoms with van der Waals surface area (Å²) in [5.74, 6) is -6.82. The van der Waals surface area contributed by atoms with E-state index in [9.17, 15) is 31.9 Å². The summed E-state index contributed by atoms with van der Waals surface area (Å²) < 4.78 is 80.1. The van der Waals surface area contributed by atoms with E-state index in [0.717, 1.165) is 26.2 Å². The highest BCUT2D eigenvalue weighted by Gasteiger charge is 2.65. The SMILES string of the molecule is COc1c([C@H]2[C@H](C(=O)Nc3ccc(C(C)O)nc3)O[C@@](C)(C(F)(F)F)[C@H]2C)ccc(F)c1F. The number of hydrogen-bond acceptors (Lipinski definition) is 5. The first-order valence-electron chi connectivity index (χ1n) is 10.0. The number of aliphatic hydroxyl groups is 1. The predicted molar refractivity (Wildman–Crippen MR) is 108 cm³/mol. The standard InChI is InChI=1S/C22H23F5N2O4/c1-10-16(13-6-7-14(23)17(24)18(13)32-4)19(33-21(10,3)22(25,26)27)20(31)29-12-5-8-15(11(2)30)28-9-12/h5-11,16,19,30H,1-4H3,(H,29,31)/t10-,11?,16-,19+,21+/m0/s1. The molecule has 1 saturated heterocycles. The van der Waals surface area contributed by atoms with Gasteiger partial charge in [0.05, 0.1) is 30.8 Å². The Morgan fingerprint density at radius 3 is 2.45 bits per heavy atom. The van der Waals surface area contributed by atoms with Crippen molar-refractivity contribution in [3.05, 3.63) is 53.4 Å². The van der Waals surface area contributed by atoms with Crippen LogP contribution >= 0.6 is 0 Å². The second-order valence-corrected chi connectivity index (χ2v) is 8.08. The van der Waals surface area contributed by atoms with Crippen LogP contribution in [0.15, 0.2) is 30.5 Å². The van der Waals surface area contributed by atoms with Gasteiger partial charge in [-0.3, -0.25) is 9.78 Å². The molecule has 1 aliphatic rings. The molecule has 3 rings (SSSR count). The lowest BCUT2D eigenvalue weighted by Crippen LogP contribution is -2.47. The third-order valence-electron chi connectivity index (χ3n) is 6.05. The van der Waals surface area contributed by atoms with E-state index in [1.807, 2.05) is 0 Å². The Kier molecular flexibility index (Phi) is 6.67. The van der Waals surface area contributed by atoms with Crippen LogP contribution < -0.4 is 10.1 Å². The van der Waals surface area contributed by atoms with Crippen LogP contribution in [0.2, 0.25) is 0 Å². The number of alkyl halides is 3. The second kappa shape index (κ2) is 8.86. The zero-order valence-electron chi connectivity index (χ0n) is 18.2. The van der Waals surface area contributed by atoms with E-state index < -0.39 is 59.1 Å². The number of pyridine rings is 1. The smallest absolute Gasteiger partial charge is 0.417 e. The van der Waals surface area contributed by atoms with Gasteiger partial charge in [0, 0.05) is 17.4 Å². The first-order chi connectivity index (χ1) is 15.3. The molecule has 2 heterocycles. The van der Waals surface area contributed by atoms with Gasteiger partial charge in [-0.15, -0.1) is 0 Å². The number of aliphatic hydroxyl groups excluding tert-OH is 1. The predicted octanol–water partition coefficient (Wildman–Crippen LogP) is 4.50. The molecule has 0 saturated carbocycles. The average Bonchev–Trinajstić information content (AvgIpc) is 3.02. The van der Waals surface area contributed by atoms with Crippen LogP contribution in [-0.2, 0) is 9.53 Å². The summed E-state index contributed by atoms with van der Waals surface area (Å²) in [7, 11) is 1.05. The van der Waals surface area contributed by atoms with Crippen molar-refractivity contribution >= 4 is 11.6 Å². The van der Waals surface area contributed by atoms with Crippen molar-refractivity contribution in [2.45, 2.75) is 50.7 Å². The molecule has 1 aromatic heterocycles. The van der Waals surface area contributed by atoms with E-state index in [1.165, 1.54) is 32.2 Å². The zero-order chi connectivity index (χ0) is 24.7. The zero-order valence-corrected chi connectivity index (χ0v) is 18.2. The van der Waals surface area contributed by atoms with Gasteiger partial charge >= 0.3 is 6.18 Å². The number of rotatable bonds is 5. The van der Waals surface area contributed by atoms with E-state index in [1.54, 1.807) is 0 Å². The summed E-state index contributed by atoms with van der Waals surface area (Å²) in [6, 6.07) is 4.70. The van der Waals surface area contributed by atoms with Gasteiger partial charge < -0.3 is 19.9 Å². The quantitative estimate of drug-likeness (QED) is 0.624. The molecule has 180 valence electrons. The fourth-order valence-electron chi connectivity index (χ4n) is 3.98. The number of nitrogens with one attached hydrogen (secondary N) is 1. The van der Waals surface area contributed by atoms with Gasteiger partial charge in [0.2, 0.25) is 5.82 Å². The van der Waals surface area contributed by atoms with Crippen LogP contribution in [0.1, 0.15) is 44.1 Å². The topological polar surface area (TPSA) is 80.7 Å².